The number of anilines is 1. The number of rotatable bonds is 1. The van der Waals surface area contributed by atoms with Crippen LogP contribution in [0, 0.1) is 0 Å². The van der Waals surface area contributed by atoms with E-state index in [9.17, 15) is 8.78 Å². The summed E-state index contributed by atoms with van der Waals surface area (Å²) < 4.78 is 27.9. The maximum atomic E-state index is 13.2. The standard InChI is InChI=1S/C11H12F2N2/c1-11(12,13)10-5-7-3-4-8(14)6-9(7)15(10)2/h3-6H,14H2,1-2H3. The number of halogens is 2. The second-order valence-corrected chi connectivity index (χ2v) is 3.80. The van der Waals surface area contributed by atoms with E-state index in [0.717, 1.165) is 17.8 Å². The van der Waals surface area contributed by atoms with Crippen LogP contribution in [0.3, 0.4) is 0 Å². The van der Waals surface area contributed by atoms with Crippen LogP contribution in [0.2, 0.25) is 0 Å². The summed E-state index contributed by atoms with van der Waals surface area (Å²) in [5.41, 5.74) is 6.92. The van der Waals surface area contributed by atoms with Gasteiger partial charge in [-0.2, -0.15) is 0 Å². The number of aryl methyl sites for hydroxylation is 1. The molecule has 0 aliphatic carbocycles. The first-order valence-electron chi connectivity index (χ1n) is 4.63. The Bertz CT molecular complexity index is 509. The van der Waals surface area contributed by atoms with Crippen LogP contribution in [0.1, 0.15) is 12.6 Å². The molecule has 0 spiro atoms. The Morgan fingerprint density at radius 1 is 1.27 bits per heavy atom. The van der Waals surface area contributed by atoms with Crippen molar-refractivity contribution in [3.63, 3.8) is 0 Å². The Morgan fingerprint density at radius 2 is 1.93 bits per heavy atom. The van der Waals surface area contributed by atoms with Gasteiger partial charge in [0.15, 0.2) is 0 Å². The summed E-state index contributed by atoms with van der Waals surface area (Å²) in [5, 5.41) is 0.781. The van der Waals surface area contributed by atoms with E-state index < -0.39 is 5.92 Å². The van der Waals surface area contributed by atoms with Gasteiger partial charge in [0.1, 0.15) is 0 Å². The molecule has 0 radical (unpaired) electrons. The molecule has 0 fully saturated rings. The lowest BCUT2D eigenvalue weighted by Crippen LogP contribution is -2.12. The van der Waals surface area contributed by atoms with Crippen LogP contribution in [0.5, 0.6) is 0 Å². The number of hydrogen-bond acceptors (Lipinski definition) is 1. The van der Waals surface area contributed by atoms with Gasteiger partial charge < -0.3 is 10.3 Å². The average molecular weight is 210 g/mol. The van der Waals surface area contributed by atoms with Crippen LogP contribution in [0.15, 0.2) is 24.3 Å². The van der Waals surface area contributed by atoms with Crippen LogP contribution in [0.4, 0.5) is 14.5 Å². The molecule has 0 aliphatic rings. The van der Waals surface area contributed by atoms with E-state index in [-0.39, 0.29) is 5.69 Å². The van der Waals surface area contributed by atoms with Crippen molar-refractivity contribution in [3.05, 3.63) is 30.0 Å². The molecule has 1 aromatic heterocycles. The lowest BCUT2D eigenvalue weighted by Gasteiger charge is -2.11. The molecule has 1 heterocycles. The Labute approximate surface area is 86.3 Å². The van der Waals surface area contributed by atoms with Gasteiger partial charge in [0, 0.05) is 25.0 Å². The second-order valence-electron chi connectivity index (χ2n) is 3.80. The van der Waals surface area contributed by atoms with Gasteiger partial charge in [-0.05, 0) is 18.2 Å². The zero-order chi connectivity index (χ0) is 11.2. The zero-order valence-electron chi connectivity index (χ0n) is 8.59. The number of aromatic nitrogens is 1. The molecule has 2 rings (SSSR count). The topological polar surface area (TPSA) is 30.9 Å². The smallest absolute Gasteiger partial charge is 0.285 e. The van der Waals surface area contributed by atoms with E-state index in [4.69, 9.17) is 5.73 Å². The Balaban J connectivity index is 2.76. The fourth-order valence-electron chi connectivity index (χ4n) is 1.77. The van der Waals surface area contributed by atoms with E-state index in [1.165, 1.54) is 10.6 Å². The summed E-state index contributed by atoms with van der Waals surface area (Å²) in [5.74, 6) is -2.83. The molecule has 0 amide bonds. The Hall–Kier alpha value is -1.58. The molecule has 80 valence electrons. The van der Waals surface area contributed by atoms with Crippen LogP contribution in [-0.2, 0) is 13.0 Å². The number of nitrogens with two attached hydrogens (primary N) is 1. The first-order valence-corrected chi connectivity index (χ1v) is 4.63. The van der Waals surface area contributed by atoms with Gasteiger partial charge in [-0.25, -0.2) is 8.78 Å². The molecule has 2 aromatic rings. The van der Waals surface area contributed by atoms with Gasteiger partial charge >= 0.3 is 0 Å². The van der Waals surface area contributed by atoms with Crippen molar-refractivity contribution in [2.24, 2.45) is 7.05 Å². The summed E-state index contributed by atoms with van der Waals surface area (Å²) in [6.07, 6.45) is 0. The molecule has 0 aliphatic heterocycles. The van der Waals surface area contributed by atoms with Gasteiger partial charge in [0.2, 0.25) is 0 Å². The normalized spacial score (nSPS) is 12.3. The van der Waals surface area contributed by atoms with Gasteiger partial charge in [-0.3, -0.25) is 0 Å². The molecule has 0 atom stereocenters. The molecule has 15 heavy (non-hydrogen) atoms. The van der Waals surface area contributed by atoms with E-state index in [0.29, 0.717) is 5.69 Å². The lowest BCUT2D eigenvalue weighted by molar-refractivity contribution is 0.0103. The highest BCUT2D eigenvalue weighted by molar-refractivity contribution is 5.84. The average Bonchev–Trinajstić information content (AvgIpc) is 2.43. The molecule has 1 aromatic carbocycles. The second kappa shape index (κ2) is 2.95. The zero-order valence-corrected chi connectivity index (χ0v) is 8.59. The Morgan fingerprint density at radius 3 is 2.53 bits per heavy atom. The number of hydrogen-bond donors (Lipinski definition) is 1. The summed E-state index contributed by atoms with van der Waals surface area (Å²) in [6, 6.07) is 6.65. The van der Waals surface area contributed by atoms with Crippen molar-refractivity contribution in [2.75, 3.05) is 5.73 Å². The van der Waals surface area contributed by atoms with Gasteiger partial charge in [0.05, 0.1) is 11.2 Å². The third kappa shape index (κ3) is 1.56. The predicted molar refractivity (Wildman–Crippen MR) is 56.9 cm³/mol. The van der Waals surface area contributed by atoms with Crippen molar-refractivity contribution in [1.82, 2.24) is 4.57 Å². The van der Waals surface area contributed by atoms with Crippen molar-refractivity contribution in [2.45, 2.75) is 12.8 Å². The fraction of sp³-hybridized carbons (Fsp3) is 0.273. The number of alkyl halides is 2. The summed E-state index contributed by atoms with van der Waals surface area (Å²) in [6.45, 7) is 0.893. The maximum Gasteiger partial charge on any atom is 0.285 e. The van der Waals surface area contributed by atoms with E-state index in [2.05, 4.69) is 0 Å². The molecule has 0 saturated carbocycles. The number of benzene rings is 1. The number of nitrogens with zero attached hydrogens (tertiary/aromatic N) is 1. The maximum absolute atomic E-state index is 13.2. The van der Waals surface area contributed by atoms with Crippen LogP contribution < -0.4 is 5.73 Å². The highest BCUT2D eigenvalue weighted by Gasteiger charge is 2.28. The molecule has 0 bridgehead atoms. The fourth-order valence-corrected chi connectivity index (χ4v) is 1.77. The molecular formula is C11H12F2N2. The van der Waals surface area contributed by atoms with Crippen molar-refractivity contribution in [1.29, 1.82) is 0 Å². The van der Waals surface area contributed by atoms with Crippen molar-refractivity contribution < 1.29 is 8.78 Å². The monoisotopic (exact) mass is 210 g/mol. The van der Waals surface area contributed by atoms with Crippen molar-refractivity contribution >= 4 is 16.6 Å². The molecule has 2 nitrogen and oxygen atoms in total. The molecule has 0 saturated heterocycles. The number of nitrogen functional groups attached to an aromatic ring is 1. The molecule has 0 unspecified atom stereocenters. The van der Waals surface area contributed by atoms with E-state index in [1.54, 1.807) is 25.2 Å². The van der Waals surface area contributed by atoms with Crippen LogP contribution in [0.25, 0.3) is 10.9 Å². The molecule has 2 N–H and O–H groups in total. The highest BCUT2D eigenvalue weighted by Crippen LogP contribution is 2.32. The van der Waals surface area contributed by atoms with Crippen molar-refractivity contribution in [3.8, 4) is 0 Å². The third-order valence-electron chi connectivity index (χ3n) is 2.52. The minimum Gasteiger partial charge on any atom is -0.399 e. The largest absolute Gasteiger partial charge is 0.399 e. The van der Waals surface area contributed by atoms with Gasteiger partial charge in [-0.1, -0.05) is 6.07 Å². The quantitative estimate of drug-likeness (QED) is 0.721. The summed E-state index contributed by atoms with van der Waals surface area (Å²) in [4.78, 5) is 0. The Kier molecular flexibility index (Phi) is 1.96. The van der Waals surface area contributed by atoms with Gasteiger partial charge in [0.25, 0.3) is 5.92 Å². The van der Waals surface area contributed by atoms with Crippen LogP contribution in [-0.4, -0.2) is 4.57 Å². The van der Waals surface area contributed by atoms with Crippen LogP contribution >= 0.6 is 0 Å². The highest BCUT2D eigenvalue weighted by atomic mass is 19.3. The number of fused-ring (bicyclic) bond motifs is 1. The first-order chi connectivity index (χ1) is 6.89. The summed E-state index contributed by atoms with van der Waals surface area (Å²) >= 11 is 0. The minimum absolute atomic E-state index is 0.00287. The SMILES string of the molecule is Cn1c(C(C)(F)F)cc2ccc(N)cc21. The minimum atomic E-state index is -2.83. The lowest BCUT2D eigenvalue weighted by atomic mass is 10.2. The third-order valence-corrected chi connectivity index (χ3v) is 2.52. The van der Waals surface area contributed by atoms with E-state index in [1.807, 2.05) is 0 Å². The molecule has 4 heteroatoms. The molecular weight excluding hydrogens is 198 g/mol. The summed E-state index contributed by atoms with van der Waals surface area (Å²) in [7, 11) is 1.62. The first kappa shape index (κ1) is 9.96. The van der Waals surface area contributed by atoms with E-state index >= 15 is 0 Å². The predicted octanol–water partition coefficient (Wildman–Crippen LogP) is 2.87. The van der Waals surface area contributed by atoms with Gasteiger partial charge in [-0.15, -0.1) is 0 Å².